The van der Waals surface area contributed by atoms with Crippen molar-refractivity contribution in [1.29, 1.82) is 0 Å². The number of rotatable bonds is 5. The number of carbonyl (C=O) groups is 1. The van der Waals surface area contributed by atoms with Crippen LogP contribution in [0.4, 0.5) is 5.69 Å². The van der Waals surface area contributed by atoms with E-state index in [-0.39, 0.29) is 18.0 Å². The van der Waals surface area contributed by atoms with E-state index >= 15 is 0 Å². The van der Waals surface area contributed by atoms with E-state index in [4.69, 9.17) is 4.74 Å². The van der Waals surface area contributed by atoms with Crippen LogP contribution < -0.4 is 15.6 Å². The molecule has 1 N–H and O–H groups in total. The first kappa shape index (κ1) is 20.4. The van der Waals surface area contributed by atoms with Gasteiger partial charge in [-0.15, -0.1) is 0 Å². The summed E-state index contributed by atoms with van der Waals surface area (Å²) in [6.45, 7) is 5.67. The van der Waals surface area contributed by atoms with Crippen molar-refractivity contribution in [1.82, 2.24) is 14.3 Å². The van der Waals surface area contributed by atoms with Gasteiger partial charge in [0, 0.05) is 23.2 Å². The topological polar surface area (TPSA) is 78.2 Å². The predicted octanol–water partition coefficient (Wildman–Crippen LogP) is 3.76. The molecule has 0 bridgehead atoms. The summed E-state index contributed by atoms with van der Waals surface area (Å²) in [5, 5.41) is 8.38. The fourth-order valence-corrected chi connectivity index (χ4v) is 3.73. The Morgan fingerprint density at radius 1 is 1.06 bits per heavy atom. The zero-order valence-corrected chi connectivity index (χ0v) is 18.0. The van der Waals surface area contributed by atoms with Crippen LogP contribution in [0.3, 0.4) is 0 Å². The number of pyridine rings is 1. The molecule has 31 heavy (non-hydrogen) atoms. The van der Waals surface area contributed by atoms with Gasteiger partial charge in [-0.3, -0.25) is 14.2 Å². The molecule has 0 saturated heterocycles. The maximum atomic E-state index is 12.9. The van der Waals surface area contributed by atoms with Gasteiger partial charge in [-0.25, -0.2) is 4.68 Å². The molecule has 7 nitrogen and oxygen atoms in total. The molecule has 0 aliphatic rings. The average Bonchev–Trinajstić information content (AvgIpc) is 3.09. The fraction of sp³-hybridized carbons (Fsp3) is 0.208. The number of carbonyl (C=O) groups excluding carboxylic acids is 1. The van der Waals surface area contributed by atoms with Gasteiger partial charge in [0.05, 0.1) is 18.5 Å². The summed E-state index contributed by atoms with van der Waals surface area (Å²) in [4.78, 5) is 25.7. The van der Waals surface area contributed by atoms with Gasteiger partial charge < -0.3 is 10.1 Å². The quantitative estimate of drug-likeness (QED) is 0.537. The highest BCUT2D eigenvalue weighted by Gasteiger charge is 2.18. The van der Waals surface area contributed by atoms with Crippen LogP contribution in [0.2, 0.25) is 0 Å². The zero-order valence-electron chi connectivity index (χ0n) is 18.0. The van der Waals surface area contributed by atoms with Gasteiger partial charge in [-0.1, -0.05) is 23.8 Å². The van der Waals surface area contributed by atoms with Gasteiger partial charge in [-0.2, -0.15) is 5.10 Å². The van der Waals surface area contributed by atoms with Crippen LogP contribution in [-0.4, -0.2) is 27.4 Å². The number of benzene rings is 2. The molecule has 0 radical (unpaired) electrons. The highest BCUT2D eigenvalue weighted by atomic mass is 16.5. The monoisotopic (exact) mass is 416 g/mol. The molecule has 1 amide bonds. The molecule has 2 aromatic heterocycles. The summed E-state index contributed by atoms with van der Waals surface area (Å²) in [6, 6.07) is 16.5. The number of amides is 1. The molecule has 158 valence electrons. The number of aryl methyl sites for hydroxylation is 3. The molecule has 2 heterocycles. The third-order valence-corrected chi connectivity index (χ3v) is 5.23. The molecule has 4 rings (SSSR count). The number of nitrogens with one attached hydrogen (secondary N) is 1. The smallest absolute Gasteiger partial charge is 0.252 e. The van der Waals surface area contributed by atoms with E-state index in [1.165, 1.54) is 4.57 Å². The summed E-state index contributed by atoms with van der Waals surface area (Å²) < 4.78 is 8.41. The van der Waals surface area contributed by atoms with Gasteiger partial charge in [0.2, 0.25) is 5.91 Å². The molecule has 2 aromatic carbocycles. The van der Waals surface area contributed by atoms with Crippen LogP contribution in [-0.2, 0) is 11.3 Å². The van der Waals surface area contributed by atoms with Crippen LogP contribution in [0.5, 0.6) is 5.75 Å². The second-order valence-electron chi connectivity index (χ2n) is 7.56. The van der Waals surface area contributed by atoms with E-state index in [1.54, 1.807) is 42.1 Å². The van der Waals surface area contributed by atoms with Crippen molar-refractivity contribution in [2.45, 2.75) is 27.3 Å². The van der Waals surface area contributed by atoms with Gasteiger partial charge in [0.1, 0.15) is 17.9 Å². The maximum Gasteiger partial charge on any atom is 0.252 e. The number of hydrogen-bond acceptors (Lipinski definition) is 4. The van der Waals surface area contributed by atoms with Gasteiger partial charge >= 0.3 is 0 Å². The average molecular weight is 416 g/mol. The number of fused-ring (bicyclic) bond motifs is 1. The van der Waals surface area contributed by atoms with Crippen molar-refractivity contribution in [3.63, 3.8) is 0 Å². The van der Waals surface area contributed by atoms with Crippen LogP contribution in [0, 0.1) is 20.8 Å². The SMILES string of the molecule is COc1cccc(NC(=O)Cn2c(=O)cc(C)c3c(C)nn(-c4ccc(C)cc4)c32)c1. The molecular formula is C24H24N4O3. The normalized spacial score (nSPS) is 11.0. The number of hydrogen-bond donors (Lipinski definition) is 1. The van der Waals surface area contributed by atoms with E-state index in [0.717, 1.165) is 27.9 Å². The van der Waals surface area contributed by atoms with Crippen molar-refractivity contribution in [2.24, 2.45) is 0 Å². The van der Waals surface area contributed by atoms with Crippen LogP contribution in [0.25, 0.3) is 16.7 Å². The molecule has 0 saturated carbocycles. The Balaban J connectivity index is 1.79. The lowest BCUT2D eigenvalue weighted by Gasteiger charge is -2.13. The van der Waals surface area contributed by atoms with E-state index < -0.39 is 0 Å². The number of ether oxygens (including phenoxy) is 1. The van der Waals surface area contributed by atoms with Crippen molar-refractivity contribution in [2.75, 3.05) is 12.4 Å². The fourth-order valence-electron chi connectivity index (χ4n) is 3.73. The highest BCUT2D eigenvalue weighted by molar-refractivity contribution is 5.92. The Morgan fingerprint density at radius 3 is 2.52 bits per heavy atom. The standard InChI is InChI=1S/C24H24N4O3/c1-15-8-10-19(11-9-15)28-24-23(17(3)26-28)16(2)12-22(30)27(24)14-21(29)25-18-6-5-7-20(13-18)31-4/h5-13H,14H2,1-4H3,(H,25,29). The number of anilines is 1. The summed E-state index contributed by atoms with van der Waals surface area (Å²) >= 11 is 0. The second-order valence-corrected chi connectivity index (χ2v) is 7.56. The van der Waals surface area contributed by atoms with Crippen molar-refractivity contribution >= 4 is 22.6 Å². The molecule has 0 spiro atoms. The molecule has 0 aliphatic heterocycles. The molecule has 0 fully saturated rings. The number of aromatic nitrogens is 3. The summed E-state index contributed by atoms with van der Waals surface area (Å²) in [5.74, 6) is 0.329. The molecule has 0 atom stereocenters. The van der Waals surface area contributed by atoms with E-state index in [1.807, 2.05) is 45.0 Å². The molecular weight excluding hydrogens is 392 g/mol. The minimum atomic E-state index is -0.310. The first-order valence-corrected chi connectivity index (χ1v) is 9.98. The minimum absolute atomic E-state index is 0.135. The first-order valence-electron chi connectivity index (χ1n) is 9.98. The minimum Gasteiger partial charge on any atom is -0.497 e. The highest BCUT2D eigenvalue weighted by Crippen LogP contribution is 2.24. The Kier molecular flexibility index (Phi) is 5.33. The van der Waals surface area contributed by atoms with Crippen LogP contribution in [0.15, 0.2) is 59.4 Å². The van der Waals surface area contributed by atoms with Crippen molar-refractivity contribution in [3.05, 3.63) is 81.8 Å². The zero-order chi connectivity index (χ0) is 22.1. The summed E-state index contributed by atoms with van der Waals surface area (Å²) in [6.07, 6.45) is 0. The maximum absolute atomic E-state index is 12.9. The Morgan fingerprint density at radius 2 is 1.81 bits per heavy atom. The lowest BCUT2D eigenvalue weighted by atomic mass is 10.1. The van der Waals surface area contributed by atoms with Crippen LogP contribution >= 0.6 is 0 Å². The Bertz CT molecular complexity index is 1330. The summed E-state index contributed by atoms with van der Waals surface area (Å²) in [5.41, 5.74) is 4.55. The largest absolute Gasteiger partial charge is 0.497 e. The molecule has 7 heteroatoms. The van der Waals surface area contributed by atoms with Gasteiger partial charge in [0.25, 0.3) is 5.56 Å². The van der Waals surface area contributed by atoms with Crippen molar-refractivity contribution < 1.29 is 9.53 Å². The Labute approximate surface area is 179 Å². The molecule has 4 aromatic rings. The second kappa shape index (κ2) is 8.10. The number of nitrogens with zero attached hydrogens (tertiary/aromatic N) is 3. The summed E-state index contributed by atoms with van der Waals surface area (Å²) in [7, 11) is 1.57. The van der Waals surface area contributed by atoms with E-state index in [2.05, 4.69) is 10.4 Å². The number of methoxy groups -OCH3 is 1. The molecule has 0 aliphatic carbocycles. The van der Waals surface area contributed by atoms with Gasteiger partial charge in [0.15, 0.2) is 0 Å². The Hall–Kier alpha value is -3.87. The van der Waals surface area contributed by atoms with Crippen LogP contribution in [0.1, 0.15) is 16.8 Å². The van der Waals surface area contributed by atoms with Gasteiger partial charge in [-0.05, 0) is 50.6 Å². The van der Waals surface area contributed by atoms with Crippen molar-refractivity contribution in [3.8, 4) is 11.4 Å². The third kappa shape index (κ3) is 3.94. The van der Waals surface area contributed by atoms with E-state index in [0.29, 0.717) is 17.1 Å². The van der Waals surface area contributed by atoms with E-state index in [9.17, 15) is 9.59 Å². The lowest BCUT2D eigenvalue weighted by Crippen LogP contribution is -2.29. The predicted molar refractivity (Wildman–Crippen MR) is 121 cm³/mol. The third-order valence-electron chi connectivity index (χ3n) is 5.23. The molecule has 0 unspecified atom stereocenters. The lowest BCUT2D eigenvalue weighted by molar-refractivity contribution is -0.116. The first-order chi connectivity index (χ1) is 14.9.